The van der Waals surface area contributed by atoms with Crippen molar-refractivity contribution in [2.45, 2.75) is 147 Å². The first-order chi connectivity index (χ1) is 34.5. The minimum absolute atomic E-state index is 0.0382. The van der Waals surface area contributed by atoms with Gasteiger partial charge < -0.3 is 18.9 Å². The smallest absolute Gasteiger partial charge is 0.460 e. The predicted octanol–water partition coefficient (Wildman–Crippen LogP) is 16.6. The molecule has 0 heterocycles. The maximum atomic E-state index is 14.4. The topological polar surface area (TPSA) is 36.9 Å². The van der Waals surface area contributed by atoms with Crippen molar-refractivity contribution in [3.63, 3.8) is 0 Å². The number of halogens is 34. The third kappa shape index (κ3) is 11.6. The number of ether oxygens (including phenoxy) is 4. The minimum atomic E-state index is -8.77. The second kappa shape index (κ2) is 22.0. The van der Waals surface area contributed by atoms with E-state index in [1.807, 2.05) is 0 Å². The molecule has 0 radical (unpaired) electrons. The lowest BCUT2D eigenvalue weighted by molar-refractivity contribution is -0.461. The lowest BCUT2D eigenvalue weighted by Gasteiger charge is -2.42. The zero-order valence-corrected chi connectivity index (χ0v) is 38.0. The summed E-state index contributed by atoms with van der Waals surface area (Å²) in [4.78, 5) is 0. The molecule has 4 nitrogen and oxygen atoms in total. The van der Waals surface area contributed by atoms with Gasteiger partial charge in [-0.25, -0.2) is 0 Å². The average Bonchev–Trinajstić information content (AvgIpc) is 3.28. The molecule has 0 aliphatic heterocycles. The maximum absolute atomic E-state index is 14.4. The summed E-state index contributed by atoms with van der Waals surface area (Å²) in [5, 5.41) is 0. The molecule has 78 heavy (non-hydrogen) atoms. The third-order valence-electron chi connectivity index (χ3n) is 11.0. The summed E-state index contributed by atoms with van der Waals surface area (Å²) < 4.78 is 482. The number of rotatable bonds is 29. The van der Waals surface area contributed by atoms with Crippen molar-refractivity contribution in [3.05, 3.63) is 47.5 Å². The van der Waals surface area contributed by atoms with Crippen LogP contribution in [-0.2, 0) is 12.8 Å². The Kier molecular flexibility index (Phi) is 19.5. The molecule has 0 aliphatic carbocycles. The molecule has 0 saturated carbocycles. The van der Waals surface area contributed by atoms with Gasteiger partial charge >= 0.3 is 95.3 Å². The van der Waals surface area contributed by atoms with E-state index in [9.17, 15) is 149 Å². The van der Waals surface area contributed by atoms with E-state index in [2.05, 4.69) is 0 Å². The number of hydrogen-bond acceptors (Lipinski definition) is 4. The van der Waals surface area contributed by atoms with Gasteiger partial charge in [0.2, 0.25) is 0 Å². The van der Waals surface area contributed by atoms with Crippen LogP contribution in [0.5, 0.6) is 23.0 Å². The van der Waals surface area contributed by atoms with E-state index in [0.29, 0.717) is 0 Å². The third-order valence-corrected chi connectivity index (χ3v) is 11.0. The van der Waals surface area contributed by atoms with E-state index in [1.54, 1.807) is 0 Å². The van der Waals surface area contributed by atoms with Crippen molar-refractivity contribution in [2.24, 2.45) is 0 Å². The van der Waals surface area contributed by atoms with Crippen LogP contribution in [0, 0.1) is 0 Å². The number of hydrogen-bond donors (Lipinski definition) is 0. The highest BCUT2D eigenvalue weighted by Crippen LogP contribution is 2.66. The molecule has 2 aromatic rings. The normalized spacial score (nSPS) is 15.2. The Morgan fingerprint density at radius 2 is 0.513 bits per heavy atom. The quantitative estimate of drug-likeness (QED) is 0.0601. The van der Waals surface area contributed by atoms with Crippen molar-refractivity contribution in [1.29, 1.82) is 0 Å². The SMILES string of the molecule is COc1cc(CCCC(F)(F)C(F)(F)C(F)(F)C(F)(F)C(F)(F)C(F)(F)C(F)(F)C(F)(F)F)ccc1OCCCCOc1ccc(CCCC(F)(F)C(F)(F)C(F)(F)C(F)(F)C(F)(F)C(F)(F)C(F)(F)C(F)(F)F)cc1OC. The van der Waals surface area contributed by atoms with E-state index < -0.39 is 134 Å². The molecule has 0 bridgehead atoms. The van der Waals surface area contributed by atoms with Crippen molar-refractivity contribution < 1.29 is 168 Å². The van der Waals surface area contributed by atoms with E-state index in [1.165, 1.54) is 0 Å². The molecular weight excluding hydrogens is 1190 g/mol. The molecule has 38 heteroatoms. The molecule has 2 aromatic carbocycles. The number of unbranched alkanes of at least 4 members (excludes halogenated alkanes) is 1. The zero-order valence-electron chi connectivity index (χ0n) is 38.0. The van der Waals surface area contributed by atoms with Crippen molar-refractivity contribution >= 4 is 0 Å². The van der Waals surface area contributed by atoms with Gasteiger partial charge in [-0.15, -0.1) is 0 Å². The van der Waals surface area contributed by atoms with Gasteiger partial charge in [0.1, 0.15) is 0 Å². The van der Waals surface area contributed by atoms with Gasteiger partial charge in [0.15, 0.2) is 23.0 Å². The Hall–Kier alpha value is -4.74. The summed E-state index contributed by atoms with van der Waals surface area (Å²) in [5.41, 5.74) is -0.472. The first-order valence-corrected chi connectivity index (χ1v) is 20.5. The lowest BCUT2D eigenvalue weighted by atomic mass is 9.87. The van der Waals surface area contributed by atoms with Gasteiger partial charge in [0.25, 0.3) is 0 Å². The molecule has 0 aromatic heterocycles. The second-order valence-corrected chi connectivity index (χ2v) is 16.4. The van der Waals surface area contributed by atoms with E-state index in [4.69, 9.17) is 18.9 Å². The van der Waals surface area contributed by atoms with Crippen LogP contribution in [-0.4, -0.2) is 123 Å². The molecule has 0 spiro atoms. The molecule has 2 rings (SSSR count). The highest BCUT2D eigenvalue weighted by molar-refractivity contribution is 5.44. The van der Waals surface area contributed by atoms with Crippen molar-refractivity contribution in [2.75, 3.05) is 27.4 Å². The molecule has 0 atom stereocenters. The minimum Gasteiger partial charge on any atom is -0.493 e. The summed E-state index contributed by atoms with van der Waals surface area (Å²) in [6.07, 6.45) is -25.9. The fourth-order valence-electron chi connectivity index (χ4n) is 6.28. The van der Waals surface area contributed by atoms with Crippen LogP contribution in [0.15, 0.2) is 36.4 Å². The molecule has 0 unspecified atom stereocenters. The van der Waals surface area contributed by atoms with Crippen molar-refractivity contribution in [3.8, 4) is 23.0 Å². The molecular formula is C40H32F34O4. The number of alkyl halides is 34. The van der Waals surface area contributed by atoms with Crippen LogP contribution in [0.25, 0.3) is 0 Å². The van der Waals surface area contributed by atoms with E-state index in [0.717, 1.165) is 50.6 Å². The molecule has 0 N–H and O–H groups in total. The van der Waals surface area contributed by atoms with Gasteiger partial charge in [0.05, 0.1) is 27.4 Å². The van der Waals surface area contributed by atoms with Crippen LogP contribution >= 0.6 is 0 Å². The Labute approximate surface area is 413 Å². The summed E-state index contributed by atoms with van der Waals surface area (Å²) >= 11 is 0. The number of benzene rings is 2. The second-order valence-electron chi connectivity index (χ2n) is 16.4. The van der Waals surface area contributed by atoms with Crippen LogP contribution < -0.4 is 18.9 Å². The first-order valence-electron chi connectivity index (χ1n) is 20.5. The van der Waals surface area contributed by atoms with Gasteiger partial charge in [-0.3, -0.25) is 0 Å². The Bertz CT molecular complexity index is 2160. The summed E-state index contributed by atoms with van der Waals surface area (Å²) in [6.45, 7) is -0.519. The summed E-state index contributed by atoms with van der Waals surface area (Å²) in [5.74, 6) is -116. The molecule has 454 valence electrons. The van der Waals surface area contributed by atoms with Crippen LogP contribution in [0.2, 0.25) is 0 Å². The molecule has 0 amide bonds. The maximum Gasteiger partial charge on any atom is 0.460 e. The van der Waals surface area contributed by atoms with Crippen LogP contribution in [0.4, 0.5) is 149 Å². The summed E-state index contributed by atoms with van der Waals surface area (Å²) in [6, 6.07) is 5.74. The molecule has 0 fully saturated rings. The van der Waals surface area contributed by atoms with Crippen LogP contribution in [0.1, 0.15) is 49.7 Å². The van der Waals surface area contributed by atoms with E-state index in [-0.39, 0.29) is 60.2 Å². The first kappa shape index (κ1) is 69.4. The number of aryl methyl sites for hydroxylation is 2. The predicted molar refractivity (Wildman–Crippen MR) is 193 cm³/mol. The van der Waals surface area contributed by atoms with E-state index >= 15 is 0 Å². The average molecular weight is 1220 g/mol. The Balaban J connectivity index is 2.05. The molecule has 0 saturated heterocycles. The number of methoxy groups -OCH3 is 2. The zero-order chi connectivity index (χ0) is 61.6. The van der Waals surface area contributed by atoms with Crippen molar-refractivity contribution in [1.82, 2.24) is 0 Å². The molecule has 0 aliphatic rings. The summed E-state index contributed by atoms with van der Waals surface area (Å²) in [7, 11) is 1.90. The van der Waals surface area contributed by atoms with Gasteiger partial charge in [-0.05, 0) is 73.9 Å². The highest BCUT2D eigenvalue weighted by atomic mass is 19.4. The van der Waals surface area contributed by atoms with Crippen LogP contribution in [0.3, 0.4) is 0 Å². The van der Waals surface area contributed by atoms with Gasteiger partial charge in [0, 0.05) is 12.8 Å². The highest BCUT2D eigenvalue weighted by Gasteiger charge is 2.97. The lowest BCUT2D eigenvalue weighted by Crippen LogP contribution is -2.74. The largest absolute Gasteiger partial charge is 0.493 e. The van der Waals surface area contributed by atoms with Gasteiger partial charge in [-0.2, -0.15) is 149 Å². The fraction of sp³-hybridized carbons (Fsp3) is 0.700. The Morgan fingerprint density at radius 3 is 0.744 bits per heavy atom. The standard InChI is InChI=1S/C40H32F34O4/c1-75-23-17-19(7-5-13-25(41,42)27(45,46)29(49,50)31(53,54)33(57,58)35(61,62)37(65,66)39(69,70)71)9-11-21(23)77-15-3-4-16-78-22-12-10-20(18-24(22)76-2)8-6-14-26(43,44)28(47,48)30(51,52)32(55,56)34(59,60)36(63,64)38(67,68)40(72,73)74/h9-12,17-18H,3-8,13-16H2,1-2H3. The van der Waals surface area contributed by atoms with Gasteiger partial charge in [-0.1, -0.05) is 12.1 Å². The fourth-order valence-corrected chi connectivity index (χ4v) is 6.28. The Morgan fingerprint density at radius 1 is 0.282 bits per heavy atom. The monoisotopic (exact) mass is 1220 g/mol.